The molecule has 0 spiro atoms. The first kappa shape index (κ1) is 16.6. The number of unbranched alkanes of at least 4 members (excludes halogenated alkanes) is 1. The van der Waals surface area contributed by atoms with E-state index in [1.54, 1.807) is 7.11 Å². The summed E-state index contributed by atoms with van der Waals surface area (Å²) in [6.45, 7) is 3.26. The van der Waals surface area contributed by atoms with Crippen molar-refractivity contribution >= 4 is 17.5 Å². The van der Waals surface area contributed by atoms with E-state index < -0.39 is 0 Å². The summed E-state index contributed by atoms with van der Waals surface area (Å²) < 4.78 is 11.0. The topological polar surface area (TPSA) is 47.6 Å². The van der Waals surface area contributed by atoms with E-state index in [-0.39, 0.29) is 5.91 Å². The normalized spacial score (nSPS) is 10.2. The van der Waals surface area contributed by atoms with Gasteiger partial charge in [-0.05, 0) is 24.1 Å². The number of methoxy groups -OCH3 is 1. The number of rotatable bonds is 9. The summed E-state index contributed by atoms with van der Waals surface area (Å²) in [6.07, 6.45) is 2.43. The van der Waals surface area contributed by atoms with E-state index in [9.17, 15) is 4.79 Å². The fraction of sp³-hybridized carbons (Fsp3) is 0.533. The largest absolute Gasteiger partial charge is 0.493 e. The first-order chi connectivity index (χ1) is 9.71. The molecule has 0 unspecified atom stereocenters. The zero-order valence-corrected chi connectivity index (χ0v) is 12.8. The molecule has 0 aliphatic heterocycles. The summed E-state index contributed by atoms with van der Waals surface area (Å²) in [4.78, 5) is 11.4. The maximum atomic E-state index is 11.4. The Hall–Kier alpha value is -1.42. The summed E-state index contributed by atoms with van der Waals surface area (Å²) in [5.41, 5.74) is 0.965. The summed E-state index contributed by atoms with van der Waals surface area (Å²) in [7, 11) is 1.61. The number of hydrogen-bond donors (Lipinski definition) is 1. The first-order valence-electron chi connectivity index (χ1n) is 6.83. The molecule has 0 atom stereocenters. The third-order valence-corrected chi connectivity index (χ3v) is 2.98. The van der Waals surface area contributed by atoms with Crippen LogP contribution in [0.5, 0.6) is 11.5 Å². The quantitative estimate of drug-likeness (QED) is 0.563. The van der Waals surface area contributed by atoms with Crippen molar-refractivity contribution in [3.8, 4) is 11.5 Å². The molecule has 1 amide bonds. The number of nitrogens with one attached hydrogen (secondary N) is 1. The van der Waals surface area contributed by atoms with Gasteiger partial charge in [0.2, 0.25) is 5.91 Å². The molecule has 5 heteroatoms. The van der Waals surface area contributed by atoms with Gasteiger partial charge in [-0.1, -0.05) is 19.4 Å². The lowest BCUT2D eigenvalue weighted by Gasteiger charge is -2.12. The molecule has 4 nitrogen and oxygen atoms in total. The van der Waals surface area contributed by atoms with Crippen molar-refractivity contribution in [3.63, 3.8) is 0 Å². The van der Waals surface area contributed by atoms with Gasteiger partial charge in [-0.2, -0.15) is 0 Å². The summed E-state index contributed by atoms with van der Waals surface area (Å²) >= 11 is 5.51. The van der Waals surface area contributed by atoms with E-state index in [0.717, 1.165) is 24.2 Å². The highest BCUT2D eigenvalue weighted by Crippen LogP contribution is 2.28. The van der Waals surface area contributed by atoms with E-state index in [2.05, 4.69) is 12.2 Å². The van der Waals surface area contributed by atoms with Gasteiger partial charge in [-0.25, -0.2) is 0 Å². The number of halogens is 1. The number of carbonyl (C=O) groups is 1. The summed E-state index contributed by atoms with van der Waals surface area (Å²) in [5.74, 6) is 1.70. The van der Waals surface area contributed by atoms with Gasteiger partial charge in [0, 0.05) is 18.8 Å². The zero-order valence-electron chi connectivity index (χ0n) is 12.1. The van der Waals surface area contributed by atoms with Gasteiger partial charge in [0.25, 0.3) is 0 Å². The minimum absolute atomic E-state index is 0.0535. The molecular weight excluding hydrogens is 278 g/mol. The van der Waals surface area contributed by atoms with Crippen LogP contribution < -0.4 is 14.8 Å². The van der Waals surface area contributed by atoms with Crippen molar-refractivity contribution in [2.45, 2.75) is 32.7 Å². The lowest BCUT2D eigenvalue weighted by molar-refractivity contribution is -0.120. The molecule has 0 saturated carbocycles. The Bertz CT molecular complexity index is 424. The van der Waals surface area contributed by atoms with Crippen molar-refractivity contribution < 1.29 is 14.3 Å². The Balaban J connectivity index is 2.59. The van der Waals surface area contributed by atoms with E-state index >= 15 is 0 Å². The molecule has 0 aromatic heterocycles. The molecule has 0 saturated heterocycles. The van der Waals surface area contributed by atoms with Crippen molar-refractivity contribution in [2.75, 3.05) is 19.6 Å². The van der Waals surface area contributed by atoms with E-state index in [1.807, 2.05) is 18.2 Å². The Kier molecular flexibility index (Phi) is 7.88. The Labute approximate surface area is 125 Å². The lowest BCUT2D eigenvalue weighted by Crippen LogP contribution is -2.22. The fourth-order valence-corrected chi connectivity index (χ4v) is 1.81. The van der Waals surface area contributed by atoms with Crippen LogP contribution in [0.1, 0.15) is 31.7 Å². The van der Waals surface area contributed by atoms with Crippen LogP contribution in [0.15, 0.2) is 18.2 Å². The number of alkyl halides is 1. The van der Waals surface area contributed by atoms with Gasteiger partial charge in [-0.3, -0.25) is 4.79 Å². The van der Waals surface area contributed by atoms with Gasteiger partial charge in [-0.15, -0.1) is 11.6 Å². The highest BCUT2D eigenvalue weighted by Gasteiger charge is 2.07. The molecule has 1 aromatic rings. The monoisotopic (exact) mass is 299 g/mol. The van der Waals surface area contributed by atoms with Crippen LogP contribution in [0.3, 0.4) is 0 Å². The average molecular weight is 300 g/mol. The molecule has 20 heavy (non-hydrogen) atoms. The van der Waals surface area contributed by atoms with Gasteiger partial charge in [0.05, 0.1) is 13.7 Å². The smallest absolute Gasteiger partial charge is 0.221 e. The van der Waals surface area contributed by atoms with Crippen LogP contribution in [0.4, 0.5) is 0 Å². The second-order valence-electron chi connectivity index (χ2n) is 4.40. The van der Waals surface area contributed by atoms with Crippen LogP contribution >= 0.6 is 11.6 Å². The van der Waals surface area contributed by atoms with Gasteiger partial charge in [0.1, 0.15) is 0 Å². The van der Waals surface area contributed by atoms with Crippen LogP contribution in [0.2, 0.25) is 0 Å². The third kappa shape index (κ3) is 5.70. The molecule has 0 radical (unpaired) electrons. The molecule has 1 rings (SSSR count). The maximum absolute atomic E-state index is 11.4. The first-order valence-corrected chi connectivity index (χ1v) is 7.37. The number of benzene rings is 1. The van der Waals surface area contributed by atoms with E-state index in [1.165, 1.54) is 0 Å². The number of amides is 1. The van der Waals surface area contributed by atoms with Crippen molar-refractivity contribution in [2.24, 2.45) is 0 Å². The average Bonchev–Trinajstić information content (AvgIpc) is 2.46. The van der Waals surface area contributed by atoms with Gasteiger partial charge in [0.15, 0.2) is 11.5 Å². The highest BCUT2D eigenvalue weighted by molar-refractivity contribution is 6.18. The Morgan fingerprint density at radius 3 is 2.80 bits per heavy atom. The minimum Gasteiger partial charge on any atom is -0.493 e. The fourth-order valence-electron chi connectivity index (χ4n) is 1.64. The second kappa shape index (κ2) is 9.48. The molecule has 0 heterocycles. The molecule has 0 aliphatic rings. The molecular formula is C15H22ClNO3. The second-order valence-corrected chi connectivity index (χ2v) is 4.78. The summed E-state index contributed by atoms with van der Waals surface area (Å²) in [6, 6.07) is 5.67. The third-order valence-electron chi connectivity index (χ3n) is 2.79. The standard InChI is InChI=1S/C15H22ClNO3/c1-3-4-9-20-13-6-5-12(10-14(13)19-2)11-17-15(18)7-8-16/h5-6,10H,3-4,7-9,11H2,1-2H3,(H,17,18). The number of ether oxygens (including phenoxy) is 2. The van der Waals surface area contributed by atoms with Gasteiger partial charge < -0.3 is 14.8 Å². The maximum Gasteiger partial charge on any atom is 0.221 e. The predicted octanol–water partition coefficient (Wildman–Crippen LogP) is 3.12. The Morgan fingerprint density at radius 1 is 1.35 bits per heavy atom. The van der Waals surface area contributed by atoms with E-state index in [4.69, 9.17) is 21.1 Å². The van der Waals surface area contributed by atoms with Crippen molar-refractivity contribution in [1.82, 2.24) is 5.32 Å². The van der Waals surface area contributed by atoms with Crippen molar-refractivity contribution in [1.29, 1.82) is 0 Å². The van der Waals surface area contributed by atoms with Crippen LogP contribution in [-0.2, 0) is 11.3 Å². The SMILES string of the molecule is CCCCOc1ccc(CNC(=O)CCCl)cc1OC. The molecule has 1 aromatic carbocycles. The molecule has 1 N–H and O–H groups in total. The van der Waals surface area contributed by atoms with Crippen LogP contribution in [0, 0.1) is 0 Å². The molecule has 112 valence electrons. The number of hydrogen-bond acceptors (Lipinski definition) is 3. The zero-order chi connectivity index (χ0) is 14.8. The van der Waals surface area contributed by atoms with Crippen LogP contribution in [0.25, 0.3) is 0 Å². The molecule has 0 aliphatic carbocycles. The lowest BCUT2D eigenvalue weighted by atomic mass is 10.2. The molecule has 0 fully saturated rings. The highest BCUT2D eigenvalue weighted by atomic mass is 35.5. The predicted molar refractivity (Wildman–Crippen MR) is 80.6 cm³/mol. The van der Waals surface area contributed by atoms with E-state index in [0.29, 0.717) is 31.2 Å². The molecule has 0 bridgehead atoms. The Morgan fingerprint density at radius 2 is 2.15 bits per heavy atom. The minimum atomic E-state index is -0.0535. The van der Waals surface area contributed by atoms with Gasteiger partial charge >= 0.3 is 0 Å². The van der Waals surface area contributed by atoms with Crippen LogP contribution in [-0.4, -0.2) is 25.5 Å². The summed E-state index contributed by atoms with van der Waals surface area (Å²) in [5, 5.41) is 2.80. The number of carbonyl (C=O) groups excluding carboxylic acids is 1. The van der Waals surface area contributed by atoms with Crippen molar-refractivity contribution in [3.05, 3.63) is 23.8 Å².